The number of halogens is 1. The minimum atomic E-state index is -0.868. The van der Waals surface area contributed by atoms with Gasteiger partial charge in [0.25, 0.3) is 0 Å². The Balaban J connectivity index is 1.60. The maximum absolute atomic E-state index is 13.1. The van der Waals surface area contributed by atoms with Crippen molar-refractivity contribution in [3.8, 4) is 0 Å². The van der Waals surface area contributed by atoms with Crippen molar-refractivity contribution in [2.24, 2.45) is 0 Å². The van der Waals surface area contributed by atoms with Crippen LogP contribution in [0.1, 0.15) is 37.8 Å². The molecule has 1 atom stereocenters. The van der Waals surface area contributed by atoms with Gasteiger partial charge in [0.05, 0.1) is 5.57 Å². The third-order valence-corrected chi connectivity index (χ3v) is 7.08. The van der Waals surface area contributed by atoms with Crippen molar-refractivity contribution >= 4 is 17.7 Å². The topological polar surface area (TPSA) is 40.5 Å². The Morgan fingerprint density at radius 2 is 1.84 bits per heavy atom. The summed E-state index contributed by atoms with van der Waals surface area (Å²) >= 11 is 1.66. The second-order valence-electron chi connectivity index (χ2n) is 8.46. The fraction of sp³-hybridized carbons (Fsp3) is 0.346. The van der Waals surface area contributed by atoms with Crippen molar-refractivity contribution in [2.45, 2.75) is 43.9 Å². The van der Waals surface area contributed by atoms with Crippen LogP contribution in [0.2, 0.25) is 0 Å². The lowest BCUT2D eigenvalue weighted by Crippen LogP contribution is -2.37. The van der Waals surface area contributed by atoms with Crippen LogP contribution in [0.15, 0.2) is 78.5 Å². The predicted molar refractivity (Wildman–Crippen MR) is 127 cm³/mol. The fourth-order valence-electron chi connectivity index (χ4n) is 3.72. The van der Waals surface area contributed by atoms with Gasteiger partial charge in [0.1, 0.15) is 11.2 Å². The number of carboxylic acids is 1. The van der Waals surface area contributed by atoms with Gasteiger partial charge in [-0.1, -0.05) is 56.3 Å². The van der Waals surface area contributed by atoms with Crippen LogP contribution in [-0.4, -0.2) is 33.6 Å². The van der Waals surface area contributed by atoms with Crippen molar-refractivity contribution in [1.29, 1.82) is 0 Å². The maximum Gasteiger partial charge on any atom is 0.334 e. The van der Waals surface area contributed by atoms with Crippen LogP contribution in [0.3, 0.4) is 0 Å². The van der Waals surface area contributed by atoms with Gasteiger partial charge in [-0.15, -0.1) is 11.8 Å². The normalized spacial score (nSPS) is 16.3. The average molecular weight is 440 g/mol. The van der Waals surface area contributed by atoms with Crippen LogP contribution < -0.4 is 0 Å². The van der Waals surface area contributed by atoms with Gasteiger partial charge >= 0.3 is 5.97 Å². The number of benzene rings is 2. The van der Waals surface area contributed by atoms with Crippen LogP contribution >= 0.6 is 11.8 Å². The van der Waals surface area contributed by atoms with Gasteiger partial charge in [-0.05, 0) is 65.8 Å². The van der Waals surface area contributed by atoms with E-state index >= 15 is 0 Å². The van der Waals surface area contributed by atoms with Crippen LogP contribution in [0.4, 0.5) is 4.39 Å². The SMILES string of the molecule is CC(C)(CCN1C=CC=C(C(=O)O)C1SCCCc1ccc(F)cc1)c1ccccc1. The van der Waals surface area contributed by atoms with Gasteiger partial charge in [0, 0.05) is 12.7 Å². The van der Waals surface area contributed by atoms with Gasteiger partial charge in [-0.2, -0.15) is 0 Å². The zero-order chi connectivity index (χ0) is 22.3. The highest BCUT2D eigenvalue weighted by Gasteiger charge is 2.29. The molecule has 1 aliphatic rings. The van der Waals surface area contributed by atoms with Gasteiger partial charge in [-0.25, -0.2) is 9.18 Å². The van der Waals surface area contributed by atoms with Crippen molar-refractivity contribution in [3.05, 3.63) is 95.5 Å². The molecule has 3 nitrogen and oxygen atoms in total. The number of nitrogens with zero attached hydrogens (tertiary/aromatic N) is 1. The molecular weight excluding hydrogens is 409 g/mol. The standard InChI is InChI=1S/C26H30FNO2S/c1-26(2,21-9-4-3-5-10-21)16-18-28-17-6-11-23(25(29)30)24(28)31-19-7-8-20-12-14-22(27)15-13-20/h3-6,9-15,17,24H,7-8,16,18-19H2,1-2H3,(H,29,30). The smallest absolute Gasteiger partial charge is 0.334 e. The van der Waals surface area contributed by atoms with Crippen molar-refractivity contribution in [3.63, 3.8) is 0 Å². The molecular formula is C26H30FNO2S. The van der Waals surface area contributed by atoms with E-state index < -0.39 is 5.97 Å². The molecule has 1 heterocycles. The molecule has 2 aromatic carbocycles. The predicted octanol–water partition coefficient (Wildman–Crippen LogP) is 6.03. The van der Waals surface area contributed by atoms with Gasteiger partial charge in [0.2, 0.25) is 0 Å². The van der Waals surface area contributed by atoms with E-state index in [9.17, 15) is 14.3 Å². The first kappa shape index (κ1) is 23.1. The molecule has 0 spiro atoms. The largest absolute Gasteiger partial charge is 0.478 e. The first-order valence-corrected chi connectivity index (χ1v) is 11.7. The summed E-state index contributed by atoms with van der Waals surface area (Å²) in [5.41, 5.74) is 2.80. The van der Waals surface area contributed by atoms with Crippen molar-refractivity contribution in [2.75, 3.05) is 12.3 Å². The Morgan fingerprint density at radius 1 is 1.13 bits per heavy atom. The third kappa shape index (κ3) is 6.47. The Morgan fingerprint density at radius 3 is 2.52 bits per heavy atom. The second kappa shape index (κ2) is 10.7. The molecule has 0 saturated heterocycles. The minimum Gasteiger partial charge on any atom is -0.478 e. The van der Waals surface area contributed by atoms with E-state index in [0.717, 1.165) is 37.1 Å². The first-order valence-electron chi connectivity index (χ1n) is 10.7. The monoisotopic (exact) mass is 439 g/mol. The highest BCUT2D eigenvalue weighted by atomic mass is 32.2. The summed E-state index contributed by atoms with van der Waals surface area (Å²) in [5.74, 6) is -0.260. The molecule has 2 aromatic rings. The molecule has 0 bridgehead atoms. The summed E-state index contributed by atoms with van der Waals surface area (Å²) in [7, 11) is 0. The molecule has 1 unspecified atom stereocenters. The molecule has 3 rings (SSSR count). The molecule has 0 amide bonds. The van der Waals surface area contributed by atoms with E-state index in [1.807, 2.05) is 30.5 Å². The summed E-state index contributed by atoms with van der Waals surface area (Å²) in [6, 6.07) is 17.0. The summed E-state index contributed by atoms with van der Waals surface area (Å²) < 4.78 is 13.1. The molecule has 0 radical (unpaired) electrons. The maximum atomic E-state index is 13.1. The zero-order valence-electron chi connectivity index (χ0n) is 18.1. The van der Waals surface area contributed by atoms with E-state index in [1.54, 1.807) is 17.8 Å². The average Bonchev–Trinajstić information content (AvgIpc) is 2.77. The first-order chi connectivity index (χ1) is 14.9. The fourth-order valence-corrected chi connectivity index (χ4v) is 4.98. The van der Waals surface area contributed by atoms with E-state index in [0.29, 0.717) is 5.57 Å². The summed E-state index contributed by atoms with van der Waals surface area (Å²) in [6.07, 6.45) is 8.22. The van der Waals surface area contributed by atoms with Gasteiger partial charge in [0.15, 0.2) is 0 Å². The van der Waals surface area contributed by atoms with E-state index in [2.05, 4.69) is 43.0 Å². The molecule has 0 saturated carbocycles. The number of thioether (sulfide) groups is 1. The lowest BCUT2D eigenvalue weighted by Gasteiger charge is -2.35. The van der Waals surface area contributed by atoms with Crippen molar-refractivity contribution in [1.82, 2.24) is 4.90 Å². The molecule has 0 aromatic heterocycles. The quantitative estimate of drug-likeness (QED) is 0.459. The number of rotatable bonds is 10. The van der Waals surface area contributed by atoms with Crippen LogP contribution in [0.25, 0.3) is 0 Å². The lowest BCUT2D eigenvalue weighted by atomic mass is 9.81. The van der Waals surface area contributed by atoms with Crippen LogP contribution in [-0.2, 0) is 16.6 Å². The number of carbonyl (C=O) groups is 1. The molecule has 0 fully saturated rings. The number of aliphatic carboxylic acids is 1. The lowest BCUT2D eigenvalue weighted by molar-refractivity contribution is -0.133. The number of hydrogen-bond donors (Lipinski definition) is 1. The Bertz CT molecular complexity index is 922. The zero-order valence-corrected chi connectivity index (χ0v) is 18.9. The Kier molecular flexibility index (Phi) is 7.97. The van der Waals surface area contributed by atoms with E-state index in [1.165, 1.54) is 17.7 Å². The molecule has 1 N–H and O–H groups in total. The third-order valence-electron chi connectivity index (χ3n) is 5.72. The summed E-state index contributed by atoms with van der Waals surface area (Å²) in [6.45, 7) is 5.24. The number of hydrogen-bond acceptors (Lipinski definition) is 3. The highest BCUT2D eigenvalue weighted by molar-refractivity contribution is 8.00. The number of carboxylic acid groups (broad SMARTS) is 1. The summed E-state index contributed by atoms with van der Waals surface area (Å²) in [4.78, 5) is 14.0. The minimum absolute atomic E-state index is 0.00253. The number of aryl methyl sites for hydroxylation is 1. The molecule has 5 heteroatoms. The van der Waals surface area contributed by atoms with E-state index in [-0.39, 0.29) is 16.6 Å². The van der Waals surface area contributed by atoms with Crippen LogP contribution in [0.5, 0.6) is 0 Å². The Hall–Kier alpha value is -2.53. The molecule has 31 heavy (non-hydrogen) atoms. The molecule has 0 aliphatic carbocycles. The van der Waals surface area contributed by atoms with Gasteiger partial charge < -0.3 is 10.0 Å². The van der Waals surface area contributed by atoms with Crippen molar-refractivity contribution < 1.29 is 14.3 Å². The van der Waals surface area contributed by atoms with Crippen LogP contribution in [0, 0.1) is 5.82 Å². The second-order valence-corrected chi connectivity index (χ2v) is 9.65. The Labute approximate surface area is 188 Å². The van der Waals surface area contributed by atoms with Gasteiger partial charge in [-0.3, -0.25) is 0 Å². The number of allylic oxidation sites excluding steroid dienone is 2. The molecule has 164 valence electrons. The highest BCUT2D eigenvalue weighted by Crippen LogP contribution is 2.32. The summed E-state index contributed by atoms with van der Waals surface area (Å²) in [5, 5.41) is 9.51. The molecule has 1 aliphatic heterocycles. The van der Waals surface area contributed by atoms with E-state index in [4.69, 9.17) is 0 Å².